The molecule has 0 bridgehead atoms. The topological polar surface area (TPSA) is 68.2 Å². The Morgan fingerprint density at radius 3 is 1.41 bits per heavy atom. The van der Waals surface area contributed by atoms with Crippen LogP contribution in [0.2, 0.25) is 0 Å². The molecule has 0 aliphatic carbocycles. The van der Waals surface area contributed by atoms with Gasteiger partial charge in [0.05, 0.1) is 13.2 Å². The third-order valence-electron chi connectivity index (χ3n) is 9.05. The van der Waals surface area contributed by atoms with Crippen LogP contribution in [-0.2, 0) is 19.0 Å². The Bertz CT molecular complexity index is 574. The fraction of sp³-hybridized carbons (Fsp3) is 0.975. The Labute approximate surface area is 287 Å². The van der Waals surface area contributed by atoms with Gasteiger partial charge in [0, 0.05) is 26.2 Å². The molecule has 0 saturated heterocycles. The van der Waals surface area contributed by atoms with Gasteiger partial charge >= 0.3 is 5.97 Å². The molecular weight excluding hydrogens is 574 g/mol. The number of esters is 1. The van der Waals surface area contributed by atoms with Gasteiger partial charge < -0.3 is 24.2 Å². The van der Waals surface area contributed by atoms with Crippen LogP contribution in [0.5, 0.6) is 0 Å². The zero-order chi connectivity index (χ0) is 33.6. The van der Waals surface area contributed by atoms with Crippen molar-refractivity contribution in [2.45, 2.75) is 207 Å². The monoisotopic (exact) mass is 656 g/mol. The minimum absolute atomic E-state index is 0.0220. The number of rotatable bonds is 39. The molecule has 0 saturated carbocycles. The lowest BCUT2D eigenvalue weighted by molar-refractivity contribution is -0.148. The van der Waals surface area contributed by atoms with Gasteiger partial charge in [-0.3, -0.25) is 4.79 Å². The third kappa shape index (κ3) is 34.6. The van der Waals surface area contributed by atoms with Crippen LogP contribution in [0.15, 0.2) is 0 Å². The van der Waals surface area contributed by atoms with Crippen molar-refractivity contribution in [2.75, 3.05) is 46.1 Å². The Balaban J connectivity index is 3.92. The van der Waals surface area contributed by atoms with Gasteiger partial charge in [-0.1, -0.05) is 143 Å². The molecule has 0 aromatic carbocycles. The number of carbonyl (C=O) groups excluding carboxylic acids is 1. The van der Waals surface area contributed by atoms with E-state index in [0.29, 0.717) is 13.0 Å². The minimum atomic E-state index is -0.0382. The summed E-state index contributed by atoms with van der Waals surface area (Å²) in [5.74, 6) is -0.0220. The first-order valence-electron chi connectivity index (χ1n) is 20.4. The van der Waals surface area contributed by atoms with E-state index in [9.17, 15) is 9.90 Å². The fourth-order valence-corrected chi connectivity index (χ4v) is 5.98. The first kappa shape index (κ1) is 45.3. The first-order valence-corrected chi connectivity index (χ1v) is 20.4. The van der Waals surface area contributed by atoms with Crippen molar-refractivity contribution in [1.82, 2.24) is 4.90 Å². The highest BCUT2D eigenvalue weighted by atomic mass is 16.7. The quantitative estimate of drug-likeness (QED) is 0.0404. The van der Waals surface area contributed by atoms with Gasteiger partial charge in [-0.05, 0) is 64.5 Å². The number of hydrogen-bond donors (Lipinski definition) is 1. The summed E-state index contributed by atoms with van der Waals surface area (Å²) in [4.78, 5) is 14.4. The Morgan fingerprint density at radius 2 is 0.913 bits per heavy atom. The molecule has 0 aliphatic heterocycles. The Kier molecular flexibility index (Phi) is 38.2. The Hall–Kier alpha value is -0.690. The molecule has 0 aliphatic rings. The number of unbranched alkanes of at least 4 members (excludes halogenated alkanes) is 21. The van der Waals surface area contributed by atoms with Gasteiger partial charge in [-0.2, -0.15) is 0 Å². The van der Waals surface area contributed by atoms with Crippen molar-refractivity contribution in [2.24, 2.45) is 0 Å². The molecule has 0 unspecified atom stereocenters. The fourth-order valence-electron chi connectivity index (χ4n) is 5.98. The largest absolute Gasteiger partial charge is 0.466 e. The highest BCUT2D eigenvalue weighted by molar-refractivity contribution is 5.69. The number of aliphatic hydroxyl groups excluding tert-OH is 1. The van der Waals surface area contributed by atoms with Crippen LogP contribution >= 0.6 is 0 Å². The highest BCUT2D eigenvalue weighted by Crippen LogP contribution is 2.14. The maximum absolute atomic E-state index is 12.0. The summed E-state index contributed by atoms with van der Waals surface area (Å²) in [5.41, 5.74) is 0. The van der Waals surface area contributed by atoms with Crippen molar-refractivity contribution in [1.29, 1.82) is 0 Å². The number of carbonyl (C=O) groups is 1. The summed E-state index contributed by atoms with van der Waals surface area (Å²) >= 11 is 0. The maximum atomic E-state index is 12.0. The SMILES string of the molecule is CCCCCCCCCOC(=O)CCCCCCCN(CCO)CCCCCCC(OCCCCCCC)OCCCCCCC. The van der Waals surface area contributed by atoms with E-state index in [-0.39, 0.29) is 18.9 Å². The molecule has 0 spiro atoms. The average Bonchev–Trinajstić information content (AvgIpc) is 3.06. The lowest BCUT2D eigenvalue weighted by Crippen LogP contribution is -2.29. The predicted molar refractivity (Wildman–Crippen MR) is 196 cm³/mol. The third-order valence-corrected chi connectivity index (χ3v) is 9.05. The van der Waals surface area contributed by atoms with Crippen LogP contribution in [0.4, 0.5) is 0 Å². The Morgan fingerprint density at radius 1 is 0.500 bits per heavy atom. The summed E-state index contributed by atoms with van der Waals surface area (Å²) in [6, 6.07) is 0. The van der Waals surface area contributed by atoms with E-state index >= 15 is 0 Å². The first-order chi connectivity index (χ1) is 22.7. The standard InChI is InChI=1S/C40H81NO5/c1-4-7-10-13-14-22-27-36-44-39(43)30-23-16-15-18-25-32-41(34-35-42)33-26-19-17-24-31-40(45-37-28-20-11-8-5-2)46-38-29-21-12-9-6-3/h40,42H,4-38H2,1-3H3. The van der Waals surface area contributed by atoms with E-state index in [1.54, 1.807) is 0 Å². The van der Waals surface area contributed by atoms with Gasteiger partial charge in [0.2, 0.25) is 0 Å². The van der Waals surface area contributed by atoms with Crippen LogP contribution in [0, 0.1) is 0 Å². The van der Waals surface area contributed by atoms with Crippen LogP contribution in [-0.4, -0.2) is 68.3 Å². The summed E-state index contributed by atoms with van der Waals surface area (Å²) < 4.78 is 17.8. The van der Waals surface area contributed by atoms with E-state index in [0.717, 1.165) is 84.2 Å². The zero-order valence-corrected chi connectivity index (χ0v) is 31.4. The van der Waals surface area contributed by atoms with Crippen molar-refractivity contribution >= 4 is 5.97 Å². The van der Waals surface area contributed by atoms with Crippen molar-refractivity contribution in [3.8, 4) is 0 Å². The van der Waals surface area contributed by atoms with Gasteiger partial charge in [0.15, 0.2) is 6.29 Å². The van der Waals surface area contributed by atoms with Crippen molar-refractivity contribution in [3.63, 3.8) is 0 Å². The molecule has 276 valence electrons. The van der Waals surface area contributed by atoms with Crippen LogP contribution in [0.1, 0.15) is 201 Å². The molecule has 0 radical (unpaired) electrons. The van der Waals surface area contributed by atoms with Crippen molar-refractivity contribution < 1.29 is 24.1 Å². The number of aliphatic hydroxyl groups is 1. The van der Waals surface area contributed by atoms with E-state index in [1.807, 2.05) is 0 Å². The van der Waals surface area contributed by atoms with Gasteiger partial charge in [0.25, 0.3) is 0 Å². The van der Waals surface area contributed by atoms with E-state index in [2.05, 4.69) is 25.7 Å². The smallest absolute Gasteiger partial charge is 0.305 e. The van der Waals surface area contributed by atoms with E-state index in [1.165, 1.54) is 122 Å². The lowest BCUT2D eigenvalue weighted by atomic mass is 10.1. The zero-order valence-electron chi connectivity index (χ0n) is 31.4. The molecule has 0 aromatic heterocycles. The molecule has 0 aromatic rings. The molecule has 6 nitrogen and oxygen atoms in total. The molecule has 1 N–H and O–H groups in total. The number of hydrogen-bond acceptors (Lipinski definition) is 6. The molecule has 46 heavy (non-hydrogen) atoms. The second kappa shape index (κ2) is 38.8. The van der Waals surface area contributed by atoms with Gasteiger partial charge in [-0.25, -0.2) is 0 Å². The normalized spacial score (nSPS) is 11.7. The molecule has 6 heteroatoms. The summed E-state index contributed by atoms with van der Waals surface area (Å²) in [6.07, 6.45) is 33.2. The second-order valence-electron chi connectivity index (χ2n) is 13.6. The van der Waals surface area contributed by atoms with Gasteiger partial charge in [0.1, 0.15) is 0 Å². The maximum Gasteiger partial charge on any atom is 0.305 e. The summed E-state index contributed by atoms with van der Waals surface area (Å²) in [5, 5.41) is 9.55. The molecule has 0 atom stereocenters. The van der Waals surface area contributed by atoms with E-state index < -0.39 is 0 Å². The van der Waals surface area contributed by atoms with Crippen LogP contribution in [0.25, 0.3) is 0 Å². The van der Waals surface area contributed by atoms with Gasteiger partial charge in [-0.15, -0.1) is 0 Å². The molecule has 0 amide bonds. The minimum Gasteiger partial charge on any atom is -0.466 e. The molecular formula is C40H81NO5. The highest BCUT2D eigenvalue weighted by Gasteiger charge is 2.10. The van der Waals surface area contributed by atoms with E-state index in [4.69, 9.17) is 14.2 Å². The predicted octanol–water partition coefficient (Wildman–Crippen LogP) is 11.2. The van der Waals surface area contributed by atoms with Crippen LogP contribution < -0.4 is 0 Å². The molecule has 0 fully saturated rings. The molecule has 0 heterocycles. The summed E-state index contributed by atoms with van der Waals surface area (Å²) in [7, 11) is 0. The lowest BCUT2D eigenvalue weighted by Gasteiger charge is -2.21. The second-order valence-corrected chi connectivity index (χ2v) is 13.6. The van der Waals surface area contributed by atoms with Crippen LogP contribution in [0.3, 0.4) is 0 Å². The summed E-state index contributed by atoms with van der Waals surface area (Å²) in [6.45, 7) is 12.1. The number of ether oxygens (including phenoxy) is 3. The number of nitrogens with zero attached hydrogens (tertiary/aromatic N) is 1. The van der Waals surface area contributed by atoms with Crippen molar-refractivity contribution in [3.05, 3.63) is 0 Å². The molecule has 0 rings (SSSR count). The average molecular weight is 656 g/mol.